The molecule has 0 radical (unpaired) electrons. The van der Waals surface area contributed by atoms with Crippen LogP contribution >= 0.6 is 0 Å². The third kappa shape index (κ3) is 3.40. The van der Waals surface area contributed by atoms with E-state index in [1.165, 1.54) is 11.1 Å². The second kappa shape index (κ2) is 7.18. The van der Waals surface area contributed by atoms with Gasteiger partial charge < -0.3 is 4.74 Å². The number of carbonyl (C=O) groups excluding carboxylic acids is 1. The van der Waals surface area contributed by atoms with Crippen LogP contribution in [-0.2, 0) is 0 Å². The minimum atomic E-state index is -0.381. The highest BCUT2D eigenvalue weighted by Crippen LogP contribution is 2.30. The molecule has 0 spiro atoms. The smallest absolute Gasteiger partial charge is 0.410 e. The van der Waals surface area contributed by atoms with Gasteiger partial charge in [-0.25, -0.2) is 4.79 Å². The van der Waals surface area contributed by atoms with Gasteiger partial charge >= 0.3 is 6.09 Å². The van der Waals surface area contributed by atoms with Gasteiger partial charge in [-0.2, -0.15) is 0 Å². The SMILES string of the molecule is CCC1=CC(c2ccccc2C)C=CN1C(=O)Oc1ccccc1. The number of aryl methyl sites for hydroxylation is 1. The molecule has 1 aliphatic rings. The number of hydrogen-bond acceptors (Lipinski definition) is 2. The molecule has 0 aliphatic carbocycles. The largest absolute Gasteiger partial charge is 0.423 e. The fourth-order valence-electron chi connectivity index (χ4n) is 2.88. The molecular weight excluding hydrogens is 298 g/mol. The zero-order chi connectivity index (χ0) is 16.9. The molecule has 0 bridgehead atoms. The first-order chi connectivity index (χ1) is 11.7. The number of allylic oxidation sites excluding steroid dienone is 3. The average Bonchev–Trinajstić information content (AvgIpc) is 2.62. The van der Waals surface area contributed by atoms with E-state index in [1.54, 1.807) is 17.0 Å². The molecule has 0 fully saturated rings. The highest BCUT2D eigenvalue weighted by atomic mass is 16.6. The third-order valence-corrected chi connectivity index (χ3v) is 4.18. The maximum absolute atomic E-state index is 12.5. The van der Waals surface area contributed by atoms with E-state index in [4.69, 9.17) is 4.74 Å². The number of hydrogen-bond donors (Lipinski definition) is 0. The predicted molar refractivity (Wildman–Crippen MR) is 95.7 cm³/mol. The summed E-state index contributed by atoms with van der Waals surface area (Å²) in [4.78, 5) is 14.0. The molecule has 1 heterocycles. The molecule has 2 aromatic rings. The number of para-hydroxylation sites is 1. The first-order valence-corrected chi connectivity index (χ1v) is 8.19. The molecule has 3 nitrogen and oxygen atoms in total. The Hall–Kier alpha value is -2.81. The zero-order valence-electron chi connectivity index (χ0n) is 14.0. The van der Waals surface area contributed by atoms with Crippen LogP contribution in [0.1, 0.15) is 30.4 Å². The van der Waals surface area contributed by atoms with Crippen LogP contribution in [-0.4, -0.2) is 11.0 Å². The van der Waals surface area contributed by atoms with Gasteiger partial charge in [0, 0.05) is 17.8 Å². The van der Waals surface area contributed by atoms with Gasteiger partial charge in [-0.15, -0.1) is 0 Å². The van der Waals surface area contributed by atoms with Crippen LogP contribution in [0.2, 0.25) is 0 Å². The lowest BCUT2D eigenvalue weighted by Crippen LogP contribution is -2.30. The maximum atomic E-state index is 12.5. The number of nitrogens with zero attached hydrogens (tertiary/aromatic N) is 1. The van der Waals surface area contributed by atoms with E-state index in [0.29, 0.717) is 5.75 Å². The fraction of sp³-hybridized carbons (Fsp3) is 0.190. The Morgan fingerprint density at radius 2 is 1.79 bits per heavy atom. The van der Waals surface area contributed by atoms with Crippen molar-refractivity contribution in [1.82, 2.24) is 4.90 Å². The van der Waals surface area contributed by atoms with E-state index in [2.05, 4.69) is 25.1 Å². The Morgan fingerprint density at radius 1 is 1.08 bits per heavy atom. The van der Waals surface area contributed by atoms with Crippen molar-refractivity contribution in [2.24, 2.45) is 0 Å². The average molecular weight is 319 g/mol. The van der Waals surface area contributed by atoms with E-state index in [9.17, 15) is 4.79 Å². The quantitative estimate of drug-likeness (QED) is 0.758. The number of rotatable bonds is 3. The second-order valence-corrected chi connectivity index (χ2v) is 5.79. The molecule has 0 aromatic heterocycles. The molecule has 0 saturated carbocycles. The van der Waals surface area contributed by atoms with Gasteiger partial charge in [0.2, 0.25) is 0 Å². The number of amides is 1. The maximum Gasteiger partial charge on any atom is 0.423 e. The summed E-state index contributed by atoms with van der Waals surface area (Å²) in [6.07, 6.45) is 6.37. The summed E-state index contributed by atoms with van der Waals surface area (Å²) in [5.74, 6) is 0.731. The number of ether oxygens (including phenoxy) is 1. The van der Waals surface area contributed by atoms with Crippen LogP contribution in [0, 0.1) is 6.92 Å². The Balaban J connectivity index is 1.80. The molecule has 1 amide bonds. The zero-order valence-corrected chi connectivity index (χ0v) is 14.0. The number of carbonyl (C=O) groups is 1. The summed E-state index contributed by atoms with van der Waals surface area (Å²) in [7, 11) is 0. The standard InChI is InChI=1S/C21H21NO2/c1-3-18-15-17(20-12-8-7-9-16(20)2)13-14-22(18)21(23)24-19-10-5-4-6-11-19/h4-15,17H,3H2,1-2H3. The van der Waals surface area contributed by atoms with Crippen molar-refractivity contribution < 1.29 is 9.53 Å². The monoisotopic (exact) mass is 319 g/mol. The molecule has 122 valence electrons. The van der Waals surface area contributed by atoms with Gasteiger partial charge in [0.1, 0.15) is 5.75 Å². The topological polar surface area (TPSA) is 29.5 Å². The predicted octanol–water partition coefficient (Wildman–Crippen LogP) is 5.40. The van der Waals surface area contributed by atoms with Crippen LogP contribution < -0.4 is 4.74 Å². The molecule has 0 saturated heterocycles. The lowest BCUT2D eigenvalue weighted by molar-refractivity contribution is 0.177. The Bertz CT molecular complexity index is 777. The van der Waals surface area contributed by atoms with E-state index in [-0.39, 0.29) is 12.0 Å². The molecular formula is C21H21NO2. The van der Waals surface area contributed by atoms with Crippen LogP contribution in [0.5, 0.6) is 5.75 Å². The van der Waals surface area contributed by atoms with Crippen molar-refractivity contribution in [3.8, 4) is 5.75 Å². The van der Waals surface area contributed by atoms with Crippen LogP contribution in [0.15, 0.2) is 78.6 Å². The second-order valence-electron chi connectivity index (χ2n) is 5.79. The summed E-state index contributed by atoms with van der Waals surface area (Å²) >= 11 is 0. The lowest BCUT2D eigenvalue weighted by atomic mass is 9.92. The van der Waals surface area contributed by atoms with Gasteiger partial charge in [-0.3, -0.25) is 4.90 Å². The van der Waals surface area contributed by atoms with Crippen molar-refractivity contribution in [3.05, 3.63) is 89.8 Å². The van der Waals surface area contributed by atoms with Gasteiger partial charge in [0.25, 0.3) is 0 Å². The normalized spacial score (nSPS) is 16.7. The number of benzene rings is 2. The van der Waals surface area contributed by atoms with Gasteiger partial charge in [-0.1, -0.05) is 61.5 Å². The van der Waals surface area contributed by atoms with Crippen molar-refractivity contribution in [1.29, 1.82) is 0 Å². The van der Waals surface area contributed by atoms with Crippen molar-refractivity contribution >= 4 is 6.09 Å². The summed E-state index contributed by atoms with van der Waals surface area (Å²) in [6.45, 7) is 4.15. The molecule has 1 atom stereocenters. The summed E-state index contributed by atoms with van der Waals surface area (Å²) in [5.41, 5.74) is 3.46. The van der Waals surface area contributed by atoms with Crippen molar-refractivity contribution in [2.75, 3.05) is 0 Å². The van der Waals surface area contributed by atoms with Crippen molar-refractivity contribution in [3.63, 3.8) is 0 Å². The highest BCUT2D eigenvalue weighted by Gasteiger charge is 2.22. The lowest BCUT2D eigenvalue weighted by Gasteiger charge is -2.26. The fourth-order valence-corrected chi connectivity index (χ4v) is 2.88. The van der Waals surface area contributed by atoms with Crippen LogP contribution in [0.4, 0.5) is 4.79 Å². The van der Waals surface area contributed by atoms with Gasteiger partial charge in [0.05, 0.1) is 0 Å². The van der Waals surface area contributed by atoms with E-state index in [1.807, 2.05) is 49.5 Å². The molecule has 2 aromatic carbocycles. The van der Waals surface area contributed by atoms with Crippen LogP contribution in [0.3, 0.4) is 0 Å². The van der Waals surface area contributed by atoms with Crippen LogP contribution in [0.25, 0.3) is 0 Å². The molecule has 1 aliphatic heterocycles. The first-order valence-electron chi connectivity index (χ1n) is 8.19. The summed E-state index contributed by atoms with van der Waals surface area (Å²) < 4.78 is 5.45. The highest BCUT2D eigenvalue weighted by molar-refractivity contribution is 5.74. The molecule has 3 rings (SSSR count). The van der Waals surface area contributed by atoms with Gasteiger partial charge in [0.15, 0.2) is 0 Å². The molecule has 1 unspecified atom stereocenters. The molecule has 24 heavy (non-hydrogen) atoms. The van der Waals surface area contributed by atoms with E-state index in [0.717, 1.165) is 12.1 Å². The van der Waals surface area contributed by atoms with Gasteiger partial charge in [-0.05, 0) is 36.6 Å². The minimum absolute atomic E-state index is 0.182. The van der Waals surface area contributed by atoms with E-state index < -0.39 is 0 Å². The summed E-state index contributed by atoms with van der Waals surface area (Å²) in [5, 5.41) is 0. The minimum Gasteiger partial charge on any atom is -0.410 e. The summed E-state index contributed by atoms with van der Waals surface area (Å²) in [6, 6.07) is 17.5. The first kappa shape index (κ1) is 16.1. The van der Waals surface area contributed by atoms with E-state index >= 15 is 0 Å². The Labute approximate surface area is 142 Å². The molecule has 0 N–H and O–H groups in total. The molecule has 3 heteroatoms. The van der Waals surface area contributed by atoms with Crippen molar-refractivity contribution in [2.45, 2.75) is 26.2 Å². The third-order valence-electron chi connectivity index (χ3n) is 4.18. The Morgan fingerprint density at radius 3 is 2.50 bits per heavy atom. The Kier molecular flexibility index (Phi) is 4.80.